The van der Waals surface area contributed by atoms with Crippen LogP contribution in [-0.2, 0) is 6.54 Å². The lowest BCUT2D eigenvalue weighted by molar-refractivity contribution is 0.563. The first-order valence-corrected chi connectivity index (χ1v) is 7.37. The molecule has 19 heavy (non-hydrogen) atoms. The molecule has 0 aromatic heterocycles. The Balaban J connectivity index is 1.86. The van der Waals surface area contributed by atoms with Gasteiger partial charge in [-0.15, -0.1) is 6.42 Å². The molecule has 2 nitrogen and oxygen atoms in total. The molecule has 1 atom stereocenters. The van der Waals surface area contributed by atoms with Gasteiger partial charge >= 0.3 is 0 Å². The molecule has 1 aromatic rings. The van der Waals surface area contributed by atoms with E-state index < -0.39 is 0 Å². The van der Waals surface area contributed by atoms with Gasteiger partial charge in [-0.3, -0.25) is 5.32 Å². The Labute approximate surface area is 117 Å². The van der Waals surface area contributed by atoms with Crippen LogP contribution >= 0.6 is 0 Å². The molecule has 1 unspecified atom stereocenters. The molecule has 0 radical (unpaired) electrons. The zero-order valence-electron chi connectivity index (χ0n) is 11.9. The van der Waals surface area contributed by atoms with Crippen LogP contribution in [0, 0.1) is 12.3 Å². The van der Waals surface area contributed by atoms with Gasteiger partial charge in [0.05, 0.1) is 6.04 Å². The molecule has 1 aromatic carbocycles. The SMILES string of the molecule is C#CC(CCC)NCc1ccc(N2CCCC2)cc1. The summed E-state index contributed by atoms with van der Waals surface area (Å²) in [5.41, 5.74) is 2.66. The second-order valence-electron chi connectivity index (χ2n) is 5.25. The van der Waals surface area contributed by atoms with Gasteiger partial charge in [0.15, 0.2) is 0 Å². The van der Waals surface area contributed by atoms with Crippen LogP contribution in [0.3, 0.4) is 0 Å². The van der Waals surface area contributed by atoms with Crippen molar-refractivity contribution in [1.82, 2.24) is 5.32 Å². The van der Waals surface area contributed by atoms with Crippen molar-refractivity contribution in [2.75, 3.05) is 18.0 Å². The van der Waals surface area contributed by atoms with Crippen LogP contribution in [-0.4, -0.2) is 19.1 Å². The number of terminal acetylenes is 1. The van der Waals surface area contributed by atoms with E-state index in [9.17, 15) is 0 Å². The van der Waals surface area contributed by atoms with Gasteiger partial charge in [0, 0.05) is 25.3 Å². The van der Waals surface area contributed by atoms with Gasteiger partial charge in [0.25, 0.3) is 0 Å². The van der Waals surface area contributed by atoms with Crippen molar-refractivity contribution < 1.29 is 0 Å². The van der Waals surface area contributed by atoms with E-state index in [2.05, 4.69) is 47.3 Å². The van der Waals surface area contributed by atoms with E-state index in [0.29, 0.717) is 0 Å². The third-order valence-corrected chi connectivity index (χ3v) is 3.74. The summed E-state index contributed by atoms with van der Waals surface area (Å²) >= 11 is 0. The standard InChI is InChI=1S/C17H24N2/c1-3-7-16(4-2)18-14-15-8-10-17(11-9-15)19-12-5-6-13-19/h2,8-11,16,18H,3,5-7,12-14H2,1H3. The number of rotatable bonds is 6. The highest BCUT2D eigenvalue weighted by molar-refractivity contribution is 5.48. The van der Waals surface area contributed by atoms with Crippen molar-refractivity contribution in [3.8, 4) is 12.3 Å². The van der Waals surface area contributed by atoms with Crippen LogP contribution in [0.15, 0.2) is 24.3 Å². The van der Waals surface area contributed by atoms with Crippen molar-refractivity contribution in [3.63, 3.8) is 0 Å². The third-order valence-electron chi connectivity index (χ3n) is 3.74. The minimum absolute atomic E-state index is 0.197. The van der Waals surface area contributed by atoms with Gasteiger partial charge in [-0.25, -0.2) is 0 Å². The number of hydrogen-bond donors (Lipinski definition) is 1. The fraction of sp³-hybridized carbons (Fsp3) is 0.529. The summed E-state index contributed by atoms with van der Waals surface area (Å²) in [6, 6.07) is 9.07. The maximum absolute atomic E-state index is 5.51. The lowest BCUT2D eigenvalue weighted by Crippen LogP contribution is -2.26. The summed E-state index contributed by atoms with van der Waals surface area (Å²) < 4.78 is 0. The number of anilines is 1. The summed E-state index contributed by atoms with van der Waals surface area (Å²) in [6.45, 7) is 5.42. The van der Waals surface area contributed by atoms with Gasteiger partial charge in [-0.1, -0.05) is 31.4 Å². The van der Waals surface area contributed by atoms with Gasteiger partial charge in [-0.05, 0) is 37.0 Å². The Bertz CT molecular complexity index is 410. The largest absolute Gasteiger partial charge is 0.372 e. The Morgan fingerprint density at radius 1 is 1.26 bits per heavy atom. The highest BCUT2D eigenvalue weighted by Gasteiger charge is 2.11. The molecule has 0 saturated carbocycles. The summed E-state index contributed by atoms with van der Waals surface area (Å²) in [4.78, 5) is 2.46. The number of benzene rings is 1. The first-order valence-electron chi connectivity index (χ1n) is 7.37. The summed E-state index contributed by atoms with van der Waals surface area (Å²) in [6.07, 6.45) is 10.3. The predicted octanol–water partition coefficient (Wildman–Crippen LogP) is 3.18. The summed E-state index contributed by atoms with van der Waals surface area (Å²) in [5.74, 6) is 2.81. The maximum Gasteiger partial charge on any atom is 0.0689 e. The van der Waals surface area contributed by atoms with Crippen molar-refractivity contribution in [2.45, 2.75) is 45.2 Å². The predicted molar refractivity (Wildman–Crippen MR) is 82.3 cm³/mol. The molecule has 0 bridgehead atoms. The highest BCUT2D eigenvalue weighted by Crippen LogP contribution is 2.20. The van der Waals surface area contributed by atoms with Crippen LogP contribution in [0.2, 0.25) is 0 Å². The molecule has 2 rings (SSSR count). The molecule has 1 N–H and O–H groups in total. The molecule has 1 fully saturated rings. The van der Waals surface area contributed by atoms with Gasteiger partial charge in [0.2, 0.25) is 0 Å². The normalized spacial score (nSPS) is 16.3. The van der Waals surface area contributed by atoms with Crippen LogP contribution in [0.5, 0.6) is 0 Å². The average molecular weight is 256 g/mol. The summed E-state index contributed by atoms with van der Waals surface area (Å²) in [7, 11) is 0. The maximum atomic E-state index is 5.51. The van der Waals surface area contributed by atoms with Crippen LogP contribution in [0.1, 0.15) is 38.2 Å². The van der Waals surface area contributed by atoms with Crippen molar-refractivity contribution in [3.05, 3.63) is 29.8 Å². The van der Waals surface area contributed by atoms with Crippen molar-refractivity contribution >= 4 is 5.69 Å². The minimum Gasteiger partial charge on any atom is -0.372 e. The molecule has 0 amide bonds. The third kappa shape index (κ3) is 4.01. The fourth-order valence-corrected chi connectivity index (χ4v) is 2.57. The van der Waals surface area contributed by atoms with E-state index in [1.807, 2.05) is 0 Å². The van der Waals surface area contributed by atoms with Gasteiger partial charge < -0.3 is 4.90 Å². The zero-order chi connectivity index (χ0) is 13.5. The smallest absolute Gasteiger partial charge is 0.0689 e. The van der Waals surface area contributed by atoms with Gasteiger partial charge in [0.1, 0.15) is 0 Å². The number of hydrogen-bond acceptors (Lipinski definition) is 2. The Hall–Kier alpha value is -1.46. The molecule has 0 aliphatic carbocycles. The van der Waals surface area contributed by atoms with Crippen LogP contribution in [0.4, 0.5) is 5.69 Å². The molecular weight excluding hydrogens is 232 g/mol. The highest BCUT2D eigenvalue weighted by atomic mass is 15.1. The molecular formula is C17H24N2. The molecule has 1 saturated heterocycles. The number of nitrogens with one attached hydrogen (secondary N) is 1. The Morgan fingerprint density at radius 2 is 1.95 bits per heavy atom. The van der Waals surface area contributed by atoms with Gasteiger partial charge in [-0.2, -0.15) is 0 Å². The first kappa shape index (κ1) is 14.0. The van der Waals surface area contributed by atoms with E-state index in [1.165, 1.54) is 37.2 Å². The zero-order valence-corrected chi connectivity index (χ0v) is 11.9. The fourth-order valence-electron chi connectivity index (χ4n) is 2.57. The molecule has 2 heteroatoms. The van der Waals surface area contributed by atoms with E-state index in [-0.39, 0.29) is 6.04 Å². The average Bonchev–Trinajstić information content (AvgIpc) is 2.98. The topological polar surface area (TPSA) is 15.3 Å². The van der Waals surface area contributed by atoms with E-state index in [0.717, 1.165) is 19.4 Å². The first-order chi connectivity index (χ1) is 9.33. The second kappa shape index (κ2) is 7.21. The molecule has 1 aliphatic rings. The van der Waals surface area contributed by atoms with E-state index in [4.69, 9.17) is 6.42 Å². The molecule has 102 valence electrons. The monoisotopic (exact) mass is 256 g/mol. The van der Waals surface area contributed by atoms with Crippen molar-refractivity contribution in [1.29, 1.82) is 0 Å². The van der Waals surface area contributed by atoms with Crippen LogP contribution < -0.4 is 10.2 Å². The quantitative estimate of drug-likeness (QED) is 0.786. The Morgan fingerprint density at radius 3 is 2.53 bits per heavy atom. The summed E-state index contributed by atoms with van der Waals surface area (Å²) in [5, 5.41) is 3.43. The van der Waals surface area contributed by atoms with E-state index in [1.54, 1.807) is 0 Å². The molecule has 1 heterocycles. The van der Waals surface area contributed by atoms with Crippen LogP contribution in [0.25, 0.3) is 0 Å². The Kier molecular flexibility index (Phi) is 5.30. The lowest BCUT2D eigenvalue weighted by Gasteiger charge is -2.18. The van der Waals surface area contributed by atoms with E-state index >= 15 is 0 Å². The lowest BCUT2D eigenvalue weighted by atomic mass is 10.1. The van der Waals surface area contributed by atoms with Crippen molar-refractivity contribution in [2.24, 2.45) is 0 Å². The molecule has 1 aliphatic heterocycles. The second-order valence-corrected chi connectivity index (χ2v) is 5.25. The minimum atomic E-state index is 0.197. The molecule has 0 spiro atoms. The number of nitrogens with zero attached hydrogens (tertiary/aromatic N) is 1.